The van der Waals surface area contributed by atoms with Gasteiger partial charge in [0.05, 0.1) is 20.0 Å². The fourth-order valence-corrected chi connectivity index (χ4v) is 1.69. The second kappa shape index (κ2) is 6.64. The van der Waals surface area contributed by atoms with Crippen molar-refractivity contribution < 1.29 is 19.4 Å². The molecule has 0 aliphatic rings. The van der Waals surface area contributed by atoms with Crippen molar-refractivity contribution in [1.29, 1.82) is 0 Å². The number of carboxylic acid groups (broad SMARTS) is 1. The van der Waals surface area contributed by atoms with E-state index in [0.717, 1.165) is 11.1 Å². The van der Waals surface area contributed by atoms with Gasteiger partial charge in [-0.2, -0.15) is 0 Å². The molecule has 0 fully saturated rings. The summed E-state index contributed by atoms with van der Waals surface area (Å²) in [6.07, 6.45) is 0.112. The van der Waals surface area contributed by atoms with Crippen LogP contribution in [0.4, 0.5) is 0 Å². The van der Waals surface area contributed by atoms with E-state index in [0.29, 0.717) is 5.75 Å². The molecule has 0 atom stereocenters. The number of carboxylic acids is 1. The Morgan fingerprint density at radius 2 is 2.11 bits per heavy atom. The lowest BCUT2D eigenvalue weighted by Crippen LogP contribution is -2.27. The lowest BCUT2D eigenvalue weighted by molar-refractivity contribution is -0.136. The third-order valence-electron chi connectivity index (χ3n) is 2.51. The fraction of sp³-hybridized carbons (Fsp3) is 0.385. The fourth-order valence-electron chi connectivity index (χ4n) is 1.69. The highest BCUT2D eigenvalue weighted by atomic mass is 16.5. The molecular formula is C13H17NO4. The van der Waals surface area contributed by atoms with Gasteiger partial charge in [-0.05, 0) is 12.5 Å². The SMILES string of the molecule is COc1c(C)cccc1CC(=O)NCCC(=O)O. The number of aryl methyl sites for hydroxylation is 1. The number of rotatable bonds is 6. The van der Waals surface area contributed by atoms with Crippen LogP contribution >= 0.6 is 0 Å². The highest BCUT2D eigenvalue weighted by molar-refractivity contribution is 5.80. The van der Waals surface area contributed by atoms with Crippen molar-refractivity contribution in [3.05, 3.63) is 29.3 Å². The number of ether oxygens (including phenoxy) is 1. The molecule has 0 spiro atoms. The largest absolute Gasteiger partial charge is 0.496 e. The molecule has 1 rings (SSSR count). The summed E-state index contributed by atoms with van der Waals surface area (Å²) in [5, 5.41) is 11.0. The number of methoxy groups -OCH3 is 1. The summed E-state index contributed by atoms with van der Waals surface area (Å²) in [6.45, 7) is 2.05. The van der Waals surface area contributed by atoms with Crippen molar-refractivity contribution in [2.75, 3.05) is 13.7 Å². The summed E-state index contributed by atoms with van der Waals surface area (Å²) < 4.78 is 5.25. The number of hydrogen-bond acceptors (Lipinski definition) is 3. The first-order chi connectivity index (χ1) is 8.54. The molecule has 0 bridgehead atoms. The molecule has 1 aromatic rings. The van der Waals surface area contributed by atoms with Gasteiger partial charge in [-0.3, -0.25) is 9.59 Å². The standard InChI is InChI=1S/C13H17NO4/c1-9-4-3-5-10(13(9)18-2)8-11(15)14-7-6-12(16)17/h3-5H,6-8H2,1-2H3,(H,14,15)(H,16,17). The average molecular weight is 251 g/mol. The van der Waals surface area contributed by atoms with Crippen molar-refractivity contribution in [2.45, 2.75) is 19.8 Å². The molecule has 1 aromatic carbocycles. The number of aliphatic carboxylic acids is 1. The number of amides is 1. The number of para-hydroxylation sites is 1. The number of carbonyl (C=O) groups is 2. The summed E-state index contributed by atoms with van der Waals surface area (Å²) in [5.74, 6) is -0.436. The molecule has 0 aliphatic heterocycles. The average Bonchev–Trinajstić information content (AvgIpc) is 2.28. The van der Waals surface area contributed by atoms with Gasteiger partial charge in [0.25, 0.3) is 0 Å². The molecule has 0 aromatic heterocycles. The monoisotopic (exact) mass is 251 g/mol. The van der Waals surface area contributed by atoms with Crippen LogP contribution in [-0.2, 0) is 16.0 Å². The predicted molar refractivity (Wildman–Crippen MR) is 66.7 cm³/mol. The molecule has 18 heavy (non-hydrogen) atoms. The first-order valence-electron chi connectivity index (χ1n) is 5.65. The second-order valence-electron chi connectivity index (χ2n) is 3.94. The molecule has 98 valence electrons. The van der Waals surface area contributed by atoms with Crippen LogP contribution in [-0.4, -0.2) is 30.6 Å². The van der Waals surface area contributed by atoms with Crippen molar-refractivity contribution in [1.82, 2.24) is 5.32 Å². The van der Waals surface area contributed by atoms with Crippen molar-refractivity contribution in [2.24, 2.45) is 0 Å². The normalized spacial score (nSPS) is 9.89. The van der Waals surface area contributed by atoms with Crippen LogP contribution in [0.2, 0.25) is 0 Å². The smallest absolute Gasteiger partial charge is 0.305 e. The molecule has 0 unspecified atom stereocenters. The van der Waals surface area contributed by atoms with Crippen molar-refractivity contribution >= 4 is 11.9 Å². The zero-order valence-electron chi connectivity index (χ0n) is 10.5. The molecule has 2 N–H and O–H groups in total. The van der Waals surface area contributed by atoms with E-state index in [-0.39, 0.29) is 25.3 Å². The topological polar surface area (TPSA) is 75.6 Å². The molecule has 5 nitrogen and oxygen atoms in total. The minimum atomic E-state index is -0.927. The van der Waals surface area contributed by atoms with Crippen LogP contribution in [0.3, 0.4) is 0 Å². The van der Waals surface area contributed by atoms with E-state index in [1.54, 1.807) is 7.11 Å². The van der Waals surface area contributed by atoms with Crippen LogP contribution in [0.5, 0.6) is 5.75 Å². The Kier molecular flexibility index (Phi) is 5.17. The van der Waals surface area contributed by atoms with E-state index in [1.165, 1.54) is 0 Å². The third kappa shape index (κ3) is 4.08. The van der Waals surface area contributed by atoms with Gasteiger partial charge in [-0.15, -0.1) is 0 Å². The van der Waals surface area contributed by atoms with Gasteiger partial charge in [-0.25, -0.2) is 0 Å². The molecule has 0 radical (unpaired) electrons. The molecule has 1 amide bonds. The third-order valence-corrected chi connectivity index (χ3v) is 2.51. The number of carbonyl (C=O) groups excluding carboxylic acids is 1. The van der Waals surface area contributed by atoms with E-state index < -0.39 is 5.97 Å². The second-order valence-corrected chi connectivity index (χ2v) is 3.94. The predicted octanol–water partition coefficient (Wildman–Crippen LogP) is 1.14. The van der Waals surface area contributed by atoms with E-state index in [1.807, 2.05) is 25.1 Å². The van der Waals surface area contributed by atoms with E-state index in [2.05, 4.69) is 5.32 Å². The lowest BCUT2D eigenvalue weighted by atomic mass is 10.1. The van der Waals surface area contributed by atoms with E-state index >= 15 is 0 Å². The van der Waals surface area contributed by atoms with Gasteiger partial charge < -0.3 is 15.2 Å². The minimum absolute atomic E-state index is 0.0727. The van der Waals surface area contributed by atoms with Crippen LogP contribution in [0.1, 0.15) is 17.5 Å². The quantitative estimate of drug-likeness (QED) is 0.795. The van der Waals surface area contributed by atoms with Gasteiger partial charge in [0.15, 0.2) is 0 Å². The number of nitrogens with one attached hydrogen (secondary N) is 1. The Labute approximate surface area is 106 Å². The van der Waals surface area contributed by atoms with Crippen LogP contribution in [0.15, 0.2) is 18.2 Å². The van der Waals surface area contributed by atoms with Crippen LogP contribution < -0.4 is 10.1 Å². The molecular weight excluding hydrogens is 234 g/mol. The van der Waals surface area contributed by atoms with Gasteiger partial charge in [0, 0.05) is 12.1 Å². The van der Waals surface area contributed by atoms with Gasteiger partial charge in [-0.1, -0.05) is 18.2 Å². The van der Waals surface area contributed by atoms with Crippen molar-refractivity contribution in [3.63, 3.8) is 0 Å². The Hall–Kier alpha value is -2.04. The first-order valence-corrected chi connectivity index (χ1v) is 5.65. The Morgan fingerprint density at radius 3 is 2.72 bits per heavy atom. The zero-order valence-corrected chi connectivity index (χ0v) is 10.5. The highest BCUT2D eigenvalue weighted by Crippen LogP contribution is 2.23. The Bertz CT molecular complexity index is 443. The molecule has 0 saturated carbocycles. The van der Waals surface area contributed by atoms with E-state index in [9.17, 15) is 9.59 Å². The summed E-state index contributed by atoms with van der Waals surface area (Å²) in [7, 11) is 1.56. The highest BCUT2D eigenvalue weighted by Gasteiger charge is 2.10. The van der Waals surface area contributed by atoms with Gasteiger partial charge >= 0.3 is 5.97 Å². The van der Waals surface area contributed by atoms with Crippen LogP contribution in [0.25, 0.3) is 0 Å². The number of benzene rings is 1. The maximum atomic E-state index is 11.6. The molecule has 0 heterocycles. The minimum Gasteiger partial charge on any atom is -0.496 e. The number of hydrogen-bond donors (Lipinski definition) is 2. The summed E-state index contributed by atoms with van der Waals surface area (Å²) >= 11 is 0. The molecule has 0 saturated heterocycles. The first kappa shape index (κ1) is 14.0. The Morgan fingerprint density at radius 1 is 1.39 bits per heavy atom. The van der Waals surface area contributed by atoms with Gasteiger partial charge in [0.1, 0.15) is 5.75 Å². The lowest BCUT2D eigenvalue weighted by Gasteiger charge is -2.11. The van der Waals surface area contributed by atoms with Crippen molar-refractivity contribution in [3.8, 4) is 5.75 Å². The summed E-state index contributed by atoms with van der Waals surface area (Å²) in [6, 6.07) is 5.59. The Balaban J connectivity index is 2.59. The summed E-state index contributed by atoms with van der Waals surface area (Å²) in [4.78, 5) is 21.9. The molecule has 0 aliphatic carbocycles. The maximum absolute atomic E-state index is 11.6. The zero-order chi connectivity index (χ0) is 13.5. The van der Waals surface area contributed by atoms with Gasteiger partial charge in [0.2, 0.25) is 5.91 Å². The van der Waals surface area contributed by atoms with E-state index in [4.69, 9.17) is 9.84 Å². The van der Waals surface area contributed by atoms with Crippen LogP contribution in [0, 0.1) is 6.92 Å². The summed E-state index contributed by atoms with van der Waals surface area (Å²) in [5.41, 5.74) is 1.76. The maximum Gasteiger partial charge on any atom is 0.305 e. The molecule has 5 heteroatoms.